The highest BCUT2D eigenvalue weighted by Gasteiger charge is 2.14. The summed E-state index contributed by atoms with van der Waals surface area (Å²) in [5.74, 6) is 0. The third-order valence-electron chi connectivity index (χ3n) is 3.32. The van der Waals surface area contributed by atoms with Gasteiger partial charge in [0.25, 0.3) is 0 Å². The fraction of sp³-hybridized carbons (Fsp3) is 0.176. The predicted molar refractivity (Wildman–Crippen MR) is 91.2 cm³/mol. The second-order valence-corrected chi connectivity index (χ2v) is 6.73. The van der Waals surface area contributed by atoms with Crippen molar-refractivity contribution in [2.45, 2.75) is 23.9 Å². The minimum atomic E-state index is -0.151. The number of nitriles is 1. The van der Waals surface area contributed by atoms with Gasteiger partial charge in [0.2, 0.25) is 0 Å². The molecule has 5 heteroatoms. The van der Waals surface area contributed by atoms with E-state index in [9.17, 15) is 0 Å². The Hall–Kier alpha value is -1.96. The third kappa shape index (κ3) is 3.11. The number of fused-ring (bicyclic) bond motifs is 1. The van der Waals surface area contributed by atoms with E-state index in [1.54, 1.807) is 0 Å². The molecule has 0 bridgehead atoms. The molecule has 3 aromatic rings. The first-order chi connectivity index (χ1) is 10.7. The van der Waals surface area contributed by atoms with Gasteiger partial charge >= 0.3 is 0 Å². The van der Waals surface area contributed by atoms with Gasteiger partial charge in [0.05, 0.1) is 28.9 Å². The summed E-state index contributed by atoms with van der Waals surface area (Å²) in [7, 11) is 0. The Morgan fingerprint density at radius 2 is 2.05 bits per heavy atom. The lowest BCUT2D eigenvalue weighted by Crippen LogP contribution is -2.03. The van der Waals surface area contributed by atoms with Crippen LogP contribution < -0.4 is 0 Å². The molecule has 0 radical (unpaired) electrons. The highest BCUT2D eigenvalue weighted by molar-refractivity contribution is 8.00. The van der Waals surface area contributed by atoms with Gasteiger partial charge in [-0.1, -0.05) is 53.7 Å². The summed E-state index contributed by atoms with van der Waals surface area (Å²) in [5, 5.41) is 10.4. The number of rotatable bonds is 4. The molecule has 3 nitrogen and oxygen atoms in total. The standard InChI is InChI=1S/C17H14ClN3S/c1-12(10-19)22-17-20-15-9-14(18)7-8-16(15)21(17)11-13-5-3-2-4-6-13/h2-9,12H,11H2,1H3/t12-/m1/s1. The molecule has 0 saturated carbocycles. The molecule has 0 aliphatic carbocycles. The van der Waals surface area contributed by atoms with Crippen molar-refractivity contribution in [1.82, 2.24) is 9.55 Å². The number of nitrogens with zero attached hydrogens (tertiary/aromatic N) is 3. The van der Waals surface area contributed by atoms with Gasteiger partial charge in [-0.3, -0.25) is 0 Å². The maximum atomic E-state index is 9.07. The van der Waals surface area contributed by atoms with Crippen LogP contribution in [-0.4, -0.2) is 14.8 Å². The van der Waals surface area contributed by atoms with Crippen molar-refractivity contribution in [2.24, 2.45) is 0 Å². The Kier molecular flexibility index (Phi) is 4.37. The van der Waals surface area contributed by atoms with Gasteiger partial charge in [-0.25, -0.2) is 4.98 Å². The molecular weight excluding hydrogens is 314 g/mol. The van der Waals surface area contributed by atoms with Gasteiger partial charge in [-0.05, 0) is 30.7 Å². The first-order valence-corrected chi connectivity index (χ1v) is 8.19. The number of thioether (sulfide) groups is 1. The van der Waals surface area contributed by atoms with E-state index in [1.807, 2.05) is 43.3 Å². The average molecular weight is 328 g/mol. The van der Waals surface area contributed by atoms with Crippen LogP contribution in [-0.2, 0) is 6.54 Å². The van der Waals surface area contributed by atoms with E-state index in [4.69, 9.17) is 16.9 Å². The molecule has 1 aromatic heterocycles. The monoisotopic (exact) mass is 327 g/mol. The predicted octanol–water partition coefficient (Wildman–Crippen LogP) is 4.74. The van der Waals surface area contributed by atoms with E-state index in [0.717, 1.165) is 22.7 Å². The van der Waals surface area contributed by atoms with Gasteiger partial charge in [0, 0.05) is 5.02 Å². The van der Waals surface area contributed by atoms with Crippen molar-refractivity contribution in [1.29, 1.82) is 5.26 Å². The van der Waals surface area contributed by atoms with Crippen LogP contribution in [0.2, 0.25) is 5.02 Å². The van der Waals surface area contributed by atoms with Crippen molar-refractivity contribution in [3.63, 3.8) is 0 Å². The molecular formula is C17H14ClN3S. The summed E-state index contributed by atoms with van der Waals surface area (Å²) in [6.07, 6.45) is 0. The van der Waals surface area contributed by atoms with Crippen LogP contribution in [0.3, 0.4) is 0 Å². The Bertz CT molecular complexity index is 836. The maximum Gasteiger partial charge on any atom is 0.170 e. The lowest BCUT2D eigenvalue weighted by Gasteiger charge is -2.09. The van der Waals surface area contributed by atoms with E-state index in [2.05, 4.69) is 27.8 Å². The molecule has 1 atom stereocenters. The molecule has 22 heavy (non-hydrogen) atoms. The first kappa shape index (κ1) is 15.0. The zero-order chi connectivity index (χ0) is 15.5. The Morgan fingerprint density at radius 3 is 2.77 bits per heavy atom. The second-order valence-electron chi connectivity index (χ2n) is 4.99. The molecule has 1 heterocycles. The Labute approximate surface area is 138 Å². The van der Waals surface area contributed by atoms with Crippen molar-refractivity contribution in [3.05, 3.63) is 59.1 Å². The molecule has 2 aromatic carbocycles. The van der Waals surface area contributed by atoms with Crippen LogP contribution in [0.25, 0.3) is 11.0 Å². The quantitative estimate of drug-likeness (QED) is 0.650. The summed E-state index contributed by atoms with van der Waals surface area (Å²) in [5.41, 5.74) is 3.08. The molecule has 0 saturated heterocycles. The molecule has 0 aliphatic rings. The zero-order valence-corrected chi connectivity index (χ0v) is 13.6. The lowest BCUT2D eigenvalue weighted by molar-refractivity contribution is 0.730. The van der Waals surface area contributed by atoms with Crippen molar-refractivity contribution in [2.75, 3.05) is 0 Å². The Balaban J connectivity index is 2.08. The van der Waals surface area contributed by atoms with Crippen LogP contribution in [0, 0.1) is 11.3 Å². The Morgan fingerprint density at radius 1 is 1.27 bits per heavy atom. The average Bonchev–Trinajstić information content (AvgIpc) is 2.84. The number of imidazole rings is 1. The van der Waals surface area contributed by atoms with E-state index < -0.39 is 0 Å². The molecule has 0 N–H and O–H groups in total. The third-order valence-corrected chi connectivity index (χ3v) is 4.54. The molecule has 0 amide bonds. The van der Waals surface area contributed by atoms with Gasteiger partial charge in [-0.2, -0.15) is 5.26 Å². The van der Waals surface area contributed by atoms with Gasteiger partial charge in [0.1, 0.15) is 0 Å². The molecule has 110 valence electrons. The summed E-state index contributed by atoms with van der Waals surface area (Å²) in [6, 6.07) is 18.2. The van der Waals surface area contributed by atoms with Crippen LogP contribution in [0.5, 0.6) is 0 Å². The van der Waals surface area contributed by atoms with Crippen molar-refractivity contribution < 1.29 is 0 Å². The largest absolute Gasteiger partial charge is 0.314 e. The minimum absolute atomic E-state index is 0.151. The normalized spacial score (nSPS) is 12.2. The first-order valence-electron chi connectivity index (χ1n) is 6.93. The smallest absolute Gasteiger partial charge is 0.170 e. The van der Waals surface area contributed by atoms with E-state index in [-0.39, 0.29) is 5.25 Å². The number of aromatic nitrogens is 2. The van der Waals surface area contributed by atoms with Gasteiger partial charge in [-0.15, -0.1) is 0 Å². The van der Waals surface area contributed by atoms with E-state index in [1.165, 1.54) is 17.3 Å². The molecule has 0 fully saturated rings. The van der Waals surface area contributed by atoms with Crippen LogP contribution >= 0.6 is 23.4 Å². The fourth-order valence-corrected chi connectivity index (χ4v) is 3.25. The lowest BCUT2D eigenvalue weighted by atomic mass is 10.2. The highest BCUT2D eigenvalue weighted by atomic mass is 35.5. The van der Waals surface area contributed by atoms with Crippen LogP contribution in [0.4, 0.5) is 0 Å². The van der Waals surface area contributed by atoms with Gasteiger partial charge in [0.15, 0.2) is 5.16 Å². The molecule has 3 rings (SSSR count). The van der Waals surface area contributed by atoms with E-state index in [0.29, 0.717) is 5.02 Å². The summed E-state index contributed by atoms with van der Waals surface area (Å²) >= 11 is 7.53. The number of hydrogen-bond acceptors (Lipinski definition) is 3. The summed E-state index contributed by atoms with van der Waals surface area (Å²) in [4.78, 5) is 4.65. The fourth-order valence-electron chi connectivity index (χ4n) is 2.27. The second kappa shape index (κ2) is 6.43. The zero-order valence-electron chi connectivity index (χ0n) is 12.0. The number of halogens is 1. The van der Waals surface area contributed by atoms with Crippen LogP contribution in [0.1, 0.15) is 12.5 Å². The summed E-state index contributed by atoms with van der Waals surface area (Å²) < 4.78 is 2.14. The topological polar surface area (TPSA) is 41.6 Å². The maximum absolute atomic E-state index is 9.07. The highest BCUT2D eigenvalue weighted by Crippen LogP contribution is 2.29. The van der Waals surface area contributed by atoms with Crippen molar-refractivity contribution in [3.8, 4) is 6.07 Å². The number of benzene rings is 2. The van der Waals surface area contributed by atoms with Crippen LogP contribution in [0.15, 0.2) is 53.7 Å². The molecule has 0 spiro atoms. The number of hydrogen-bond donors (Lipinski definition) is 0. The SMILES string of the molecule is C[C@H](C#N)Sc1nc2cc(Cl)ccc2n1Cc1ccccc1. The van der Waals surface area contributed by atoms with E-state index >= 15 is 0 Å². The van der Waals surface area contributed by atoms with Crippen molar-refractivity contribution >= 4 is 34.4 Å². The summed E-state index contributed by atoms with van der Waals surface area (Å²) in [6.45, 7) is 2.60. The molecule has 0 aliphatic heterocycles. The minimum Gasteiger partial charge on any atom is -0.314 e. The van der Waals surface area contributed by atoms with Gasteiger partial charge < -0.3 is 4.57 Å². The molecule has 0 unspecified atom stereocenters.